The second kappa shape index (κ2) is 7.93. The molecular weight excluding hydrogens is 359 g/mol. The summed E-state index contributed by atoms with van der Waals surface area (Å²) in [6.07, 6.45) is -4.41. The molecule has 2 aromatic heterocycles. The van der Waals surface area contributed by atoms with Crippen LogP contribution in [-0.4, -0.2) is 23.0 Å². The van der Waals surface area contributed by atoms with Gasteiger partial charge in [0.25, 0.3) is 0 Å². The number of aliphatic imine (C=N–C) groups is 1. The van der Waals surface area contributed by atoms with Gasteiger partial charge in [0.05, 0.1) is 23.8 Å². The van der Waals surface area contributed by atoms with E-state index in [2.05, 4.69) is 39.4 Å². The molecule has 2 heterocycles. The van der Waals surface area contributed by atoms with Crippen LogP contribution in [0.25, 0.3) is 0 Å². The van der Waals surface area contributed by atoms with Crippen LogP contribution in [-0.2, 0) is 19.3 Å². The molecule has 0 aromatic carbocycles. The molecule has 0 unspecified atom stereocenters. The lowest BCUT2D eigenvalue weighted by Crippen LogP contribution is -2.36. The smallest absolute Gasteiger partial charge is 0.351 e. The normalized spacial score (nSPS) is 12.7. The Bertz CT molecular complexity index is 691. The number of rotatable bonds is 5. The van der Waals surface area contributed by atoms with E-state index < -0.39 is 11.9 Å². The third kappa shape index (κ3) is 5.17. The van der Waals surface area contributed by atoms with Gasteiger partial charge in [0.1, 0.15) is 5.01 Å². The highest BCUT2D eigenvalue weighted by Gasteiger charge is 2.33. The first kappa shape index (κ1) is 18.7. The molecule has 2 N–H and O–H groups in total. The molecule has 0 atom stereocenters. The van der Waals surface area contributed by atoms with E-state index in [1.165, 1.54) is 0 Å². The maximum absolute atomic E-state index is 12.5. The van der Waals surface area contributed by atoms with Gasteiger partial charge in [-0.1, -0.05) is 13.8 Å². The van der Waals surface area contributed by atoms with Crippen molar-refractivity contribution in [3.63, 3.8) is 0 Å². The van der Waals surface area contributed by atoms with Crippen molar-refractivity contribution in [2.45, 2.75) is 39.0 Å². The van der Waals surface area contributed by atoms with Crippen molar-refractivity contribution in [2.24, 2.45) is 4.99 Å². The molecule has 2 aromatic rings. The quantitative estimate of drug-likeness (QED) is 0.617. The van der Waals surface area contributed by atoms with Crippen molar-refractivity contribution in [3.8, 4) is 0 Å². The van der Waals surface area contributed by atoms with Gasteiger partial charge in [0.2, 0.25) is 0 Å². The molecule has 0 amide bonds. The van der Waals surface area contributed by atoms with Crippen molar-refractivity contribution in [1.82, 2.24) is 20.6 Å². The molecule has 0 spiro atoms. The molecular formula is C14H18F3N5S2. The van der Waals surface area contributed by atoms with E-state index in [0.717, 1.165) is 27.4 Å². The van der Waals surface area contributed by atoms with Crippen LogP contribution in [0, 0.1) is 0 Å². The van der Waals surface area contributed by atoms with Crippen molar-refractivity contribution in [1.29, 1.82) is 0 Å². The Labute approximate surface area is 146 Å². The van der Waals surface area contributed by atoms with Gasteiger partial charge in [0.15, 0.2) is 11.7 Å². The molecule has 0 aliphatic heterocycles. The maximum atomic E-state index is 12.5. The molecule has 2 rings (SSSR count). The molecule has 0 fully saturated rings. The summed E-state index contributed by atoms with van der Waals surface area (Å²) in [5, 5.41) is 10.4. The standard InChI is InChI=1S/C14H18F3N5S2/c1-8(2)12-21-9(6-24-12)4-19-13(18-3)20-5-11-22-10(7-23-11)14(15,16)17/h6-8H,4-5H2,1-3H3,(H2,18,19,20). The summed E-state index contributed by atoms with van der Waals surface area (Å²) in [6, 6.07) is 0. The molecule has 5 nitrogen and oxygen atoms in total. The monoisotopic (exact) mass is 377 g/mol. The predicted molar refractivity (Wildman–Crippen MR) is 90.4 cm³/mol. The first-order valence-electron chi connectivity index (χ1n) is 7.20. The number of thiazole rings is 2. The molecule has 24 heavy (non-hydrogen) atoms. The van der Waals surface area contributed by atoms with Gasteiger partial charge >= 0.3 is 6.18 Å². The van der Waals surface area contributed by atoms with Crippen LogP contribution in [0.1, 0.15) is 41.2 Å². The van der Waals surface area contributed by atoms with Crippen LogP contribution in [0.15, 0.2) is 15.8 Å². The molecule has 0 saturated carbocycles. The predicted octanol–water partition coefficient (Wildman–Crippen LogP) is 3.61. The molecule has 10 heteroatoms. The summed E-state index contributed by atoms with van der Waals surface area (Å²) in [6.45, 7) is 4.84. The molecule has 0 saturated heterocycles. The summed E-state index contributed by atoms with van der Waals surface area (Å²) in [5.74, 6) is 0.867. The number of alkyl halides is 3. The van der Waals surface area contributed by atoms with Gasteiger partial charge in [0, 0.05) is 23.7 Å². The van der Waals surface area contributed by atoms with Crippen molar-refractivity contribution in [2.75, 3.05) is 7.05 Å². The SMILES string of the molecule is CN=C(NCc1csc(C(C)C)n1)NCc1nc(C(F)(F)F)cs1. The van der Waals surface area contributed by atoms with Gasteiger partial charge < -0.3 is 10.6 Å². The Kier molecular flexibility index (Phi) is 6.16. The Morgan fingerprint density at radius 2 is 1.88 bits per heavy atom. The summed E-state index contributed by atoms with van der Waals surface area (Å²) in [5.41, 5.74) is 0.0381. The van der Waals surface area contributed by atoms with Gasteiger partial charge in [-0.05, 0) is 0 Å². The fraction of sp³-hybridized carbons (Fsp3) is 0.500. The molecule has 132 valence electrons. The summed E-state index contributed by atoms with van der Waals surface area (Å²) < 4.78 is 37.5. The topological polar surface area (TPSA) is 62.2 Å². The van der Waals surface area contributed by atoms with E-state index in [-0.39, 0.29) is 6.54 Å². The average Bonchev–Trinajstić information content (AvgIpc) is 3.16. The molecule has 0 aliphatic rings. The Hall–Kier alpha value is -1.68. The van der Waals surface area contributed by atoms with Gasteiger partial charge in [-0.15, -0.1) is 22.7 Å². The van der Waals surface area contributed by atoms with E-state index in [9.17, 15) is 13.2 Å². The number of hydrogen-bond acceptors (Lipinski definition) is 5. The number of nitrogens with zero attached hydrogens (tertiary/aromatic N) is 3. The minimum absolute atomic E-state index is 0.175. The summed E-state index contributed by atoms with van der Waals surface area (Å²) >= 11 is 2.57. The van der Waals surface area contributed by atoms with Crippen LogP contribution in [0.5, 0.6) is 0 Å². The highest BCUT2D eigenvalue weighted by molar-refractivity contribution is 7.10. The number of aromatic nitrogens is 2. The zero-order valence-corrected chi connectivity index (χ0v) is 15.1. The van der Waals surface area contributed by atoms with E-state index in [0.29, 0.717) is 23.4 Å². The average molecular weight is 377 g/mol. The highest BCUT2D eigenvalue weighted by atomic mass is 32.1. The van der Waals surface area contributed by atoms with Crippen LogP contribution in [0.2, 0.25) is 0 Å². The lowest BCUT2D eigenvalue weighted by atomic mass is 10.2. The zero-order valence-electron chi connectivity index (χ0n) is 13.4. The fourth-order valence-corrected chi connectivity index (χ4v) is 3.32. The number of guanidine groups is 1. The first-order valence-corrected chi connectivity index (χ1v) is 8.96. The summed E-state index contributed by atoms with van der Waals surface area (Å²) in [4.78, 5) is 12.1. The molecule has 0 aliphatic carbocycles. The van der Waals surface area contributed by atoms with E-state index in [1.54, 1.807) is 18.4 Å². The lowest BCUT2D eigenvalue weighted by Gasteiger charge is -2.09. The number of hydrogen-bond donors (Lipinski definition) is 2. The second-order valence-corrected chi connectivity index (χ2v) is 7.07. The lowest BCUT2D eigenvalue weighted by molar-refractivity contribution is -0.140. The fourth-order valence-electron chi connectivity index (χ4n) is 1.75. The molecule has 0 bridgehead atoms. The van der Waals surface area contributed by atoms with Gasteiger partial charge in [-0.2, -0.15) is 13.2 Å². The van der Waals surface area contributed by atoms with E-state index in [4.69, 9.17) is 0 Å². The van der Waals surface area contributed by atoms with Crippen molar-refractivity contribution in [3.05, 3.63) is 32.2 Å². The van der Waals surface area contributed by atoms with Crippen LogP contribution >= 0.6 is 22.7 Å². The van der Waals surface area contributed by atoms with Crippen molar-refractivity contribution >= 4 is 28.6 Å². The van der Waals surface area contributed by atoms with E-state index >= 15 is 0 Å². The Morgan fingerprint density at radius 1 is 1.17 bits per heavy atom. The van der Waals surface area contributed by atoms with Crippen LogP contribution < -0.4 is 10.6 Å². The Morgan fingerprint density at radius 3 is 2.42 bits per heavy atom. The third-order valence-corrected chi connectivity index (χ3v) is 5.02. The van der Waals surface area contributed by atoms with Crippen LogP contribution in [0.4, 0.5) is 13.2 Å². The largest absolute Gasteiger partial charge is 0.434 e. The minimum atomic E-state index is -4.41. The zero-order chi connectivity index (χ0) is 17.7. The van der Waals surface area contributed by atoms with Crippen molar-refractivity contribution < 1.29 is 13.2 Å². The first-order chi connectivity index (χ1) is 11.3. The highest BCUT2D eigenvalue weighted by Crippen LogP contribution is 2.29. The summed E-state index contributed by atoms with van der Waals surface area (Å²) in [7, 11) is 1.60. The van der Waals surface area contributed by atoms with Gasteiger partial charge in [-0.25, -0.2) is 9.97 Å². The number of halogens is 3. The van der Waals surface area contributed by atoms with Crippen LogP contribution in [0.3, 0.4) is 0 Å². The Balaban J connectivity index is 1.85. The minimum Gasteiger partial charge on any atom is -0.351 e. The maximum Gasteiger partial charge on any atom is 0.434 e. The number of nitrogens with one attached hydrogen (secondary N) is 2. The second-order valence-electron chi connectivity index (χ2n) is 5.24. The third-order valence-electron chi connectivity index (χ3n) is 2.97. The van der Waals surface area contributed by atoms with Gasteiger partial charge in [-0.3, -0.25) is 4.99 Å². The molecule has 0 radical (unpaired) electrons. The van der Waals surface area contributed by atoms with E-state index in [1.807, 2.05) is 5.38 Å².